The lowest BCUT2D eigenvalue weighted by Crippen LogP contribution is -2.12. The molecule has 0 rings (SSSR count). The largest absolute Gasteiger partial charge is 0.522 e. The first-order chi connectivity index (χ1) is 3.56. The molecule has 0 aliphatic heterocycles. The van der Waals surface area contributed by atoms with Crippen LogP contribution in [-0.4, -0.2) is 13.0 Å². The Morgan fingerprint density at radius 3 is 2.12 bits per heavy atom. The Balaban J connectivity index is 3.24. The van der Waals surface area contributed by atoms with Crippen LogP contribution in [0.4, 0.5) is 13.2 Å². The summed E-state index contributed by atoms with van der Waals surface area (Å²) < 4.78 is 36.2. The van der Waals surface area contributed by atoms with Gasteiger partial charge in [-0.05, 0) is 0 Å². The molecule has 0 aliphatic carbocycles. The summed E-state index contributed by atoms with van der Waals surface area (Å²) in [6.07, 6.45) is -3.48. The Morgan fingerprint density at radius 1 is 1.50 bits per heavy atom. The van der Waals surface area contributed by atoms with Crippen LogP contribution in [0.25, 0.3) is 0 Å². The fourth-order valence-electron chi connectivity index (χ4n) is 0.153. The van der Waals surface area contributed by atoms with E-state index in [0.29, 0.717) is 0 Å². The summed E-state index contributed by atoms with van der Waals surface area (Å²) in [5, 5.41) is 0. The van der Waals surface area contributed by atoms with Crippen molar-refractivity contribution in [2.24, 2.45) is 0 Å². The fraction of sp³-hybridized carbons (Fsp3) is 0.500. The number of hydrogen-bond donors (Lipinski definition) is 0. The molecule has 0 aromatic heterocycles. The molecule has 48 valence electrons. The summed E-state index contributed by atoms with van der Waals surface area (Å²) in [5.74, 6) is 0. The van der Waals surface area contributed by atoms with Gasteiger partial charge in [0.05, 0.1) is 6.61 Å². The van der Waals surface area contributed by atoms with Crippen molar-refractivity contribution in [1.29, 1.82) is 0 Å². The van der Waals surface area contributed by atoms with Crippen molar-refractivity contribution >= 4 is 0 Å². The molecule has 0 fully saturated rings. The van der Waals surface area contributed by atoms with Gasteiger partial charge in [-0.3, -0.25) is 4.74 Å². The smallest absolute Gasteiger partial charge is 0.288 e. The first kappa shape index (κ1) is 7.49. The van der Waals surface area contributed by atoms with E-state index in [-0.39, 0.29) is 0 Å². The van der Waals surface area contributed by atoms with Crippen molar-refractivity contribution in [2.75, 3.05) is 6.61 Å². The lowest BCUT2D eigenvalue weighted by molar-refractivity contribution is -0.319. The highest BCUT2D eigenvalue weighted by Crippen LogP contribution is 2.15. The van der Waals surface area contributed by atoms with E-state index < -0.39 is 13.0 Å². The molecule has 0 aliphatic rings. The Labute approximate surface area is 44.8 Å². The fourth-order valence-corrected chi connectivity index (χ4v) is 0.153. The van der Waals surface area contributed by atoms with E-state index >= 15 is 0 Å². The lowest BCUT2D eigenvalue weighted by Gasteiger charge is -2.02. The van der Waals surface area contributed by atoms with Gasteiger partial charge in [0, 0.05) is 0 Å². The molecule has 0 atom stereocenters. The number of rotatable bonds is 2. The van der Waals surface area contributed by atoms with Crippen molar-refractivity contribution in [3.05, 3.63) is 12.7 Å². The van der Waals surface area contributed by atoms with E-state index in [2.05, 4.69) is 11.3 Å². The van der Waals surface area contributed by atoms with E-state index in [1.54, 1.807) is 0 Å². The normalized spacial score (nSPS) is 11.4. The molecule has 0 saturated heterocycles. The van der Waals surface area contributed by atoms with Crippen LogP contribution in [0.15, 0.2) is 12.7 Å². The van der Waals surface area contributed by atoms with Crippen LogP contribution < -0.4 is 0 Å². The Hall–Kier alpha value is -0.510. The molecule has 0 N–H and O–H groups in total. The maximum Gasteiger partial charge on any atom is 0.522 e. The molecule has 0 spiro atoms. The van der Waals surface area contributed by atoms with Crippen molar-refractivity contribution < 1.29 is 17.9 Å². The summed E-state index contributed by atoms with van der Waals surface area (Å²) in [6, 6.07) is 0. The average molecular weight is 126 g/mol. The van der Waals surface area contributed by atoms with Crippen LogP contribution in [0.3, 0.4) is 0 Å². The van der Waals surface area contributed by atoms with Crippen LogP contribution in [0.2, 0.25) is 0 Å². The predicted octanol–water partition coefficient (Wildman–Crippen LogP) is 1.71. The highest BCUT2D eigenvalue weighted by atomic mass is 19.4. The van der Waals surface area contributed by atoms with Gasteiger partial charge in [0.25, 0.3) is 0 Å². The summed E-state index contributed by atoms with van der Waals surface area (Å²) in [5.41, 5.74) is 0. The zero-order chi connectivity index (χ0) is 6.62. The minimum absolute atomic E-state index is 0.483. The highest BCUT2D eigenvalue weighted by Gasteiger charge is 2.27. The molecule has 0 saturated carbocycles. The first-order valence-corrected chi connectivity index (χ1v) is 1.88. The van der Waals surface area contributed by atoms with Crippen LogP contribution in [0, 0.1) is 0 Å². The van der Waals surface area contributed by atoms with E-state index in [4.69, 9.17) is 0 Å². The summed E-state index contributed by atoms with van der Waals surface area (Å²) in [6.45, 7) is 2.56. The maximum atomic E-state index is 11.0. The van der Waals surface area contributed by atoms with Gasteiger partial charge in [-0.1, -0.05) is 6.08 Å². The molecule has 8 heavy (non-hydrogen) atoms. The predicted molar refractivity (Wildman–Crippen MR) is 22.2 cm³/mol. The van der Waals surface area contributed by atoms with Gasteiger partial charge in [0.2, 0.25) is 0 Å². The van der Waals surface area contributed by atoms with Crippen molar-refractivity contribution in [2.45, 2.75) is 6.36 Å². The number of halogens is 3. The summed E-state index contributed by atoms with van der Waals surface area (Å²) in [4.78, 5) is 0. The summed E-state index contributed by atoms with van der Waals surface area (Å²) in [7, 11) is 0. The third-order valence-electron chi connectivity index (χ3n) is 0.365. The Morgan fingerprint density at radius 2 is 2.00 bits per heavy atom. The molecule has 0 amide bonds. The molecule has 0 aromatic carbocycles. The van der Waals surface area contributed by atoms with Gasteiger partial charge >= 0.3 is 6.36 Å². The maximum absolute atomic E-state index is 11.0. The molecule has 0 aromatic rings. The minimum Gasteiger partial charge on any atom is -0.288 e. The van der Waals surface area contributed by atoms with Crippen molar-refractivity contribution in [1.82, 2.24) is 0 Å². The van der Waals surface area contributed by atoms with Crippen molar-refractivity contribution in [3.8, 4) is 0 Å². The molecule has 0 unspecified atom stereocenters. The SMILES string of the molecule is C=CCOC(F)(F)F. The number of alkyl halides is 3. The van der Waals surface area contributed by atoms with E-state index in [1.807, 2.05) is 0 Å². The second-order valence-corrected chi connectivity index (χ2v) is 1.05. The molecule has 0 bridgehead atoms. The zero-order valence-corrected chi connectivity index (χ0v) is 4.03. The average Bonchev–Trinajstić information content (AvgIpc) is 1.59. The minimum atomic E-state index is -4.52. The van der Waals surface area contributed by atoms with Gasteiger partial charge in [-0.25, -0.2) is 0 Å². The summed E-state index contributed by atoms with van der Waals surface area (Å²) >= 11 is 0. The van der Waals surface area contributed by atoms with Gasteiger partial charge in [0.15, 0.2) is 0 Å². The topological polar surface area (TPSA) is 9.23 Å². The molecule has 4 heteroatoms. The van der Waals surface area contributed by atoms with Crippen LogP contribution in [-0.2, 0) is 4.74 Å². The molecule has 1 nitrogen and oxygen atoms in total. The second-order valence-electron chi connectivity index (χ2n) is 1.05. The number of hydrogen-bond acceptors (Lipinski definition) is 1. The highest BCUT2D eigenvalue weighted by molar-refractivity contribution is 4.63. The first-order valence-electron chi connectivity index (χ1n) is 1.88. The third kappa shape index (κ3) is 5.49. The molecule has 0 radical (unpaired) electrons. The van der Waals surface area contributed by atoms with Crippen LogP contribution >= 0.6 is 0 Å². The van der Waals surface area contributed by atoms with Gasteiger partial charge in [0.1, 0.15) is 0 Å². The second kappa shape index (κ2) is 2.71. The van der Waals surface area contributed by atoms with Gasteiger partial charge in [-0.15, -0.1) is 19.8 Å². The Bertz CT molecular complexity index is 75.8. The van der Waals surface area contributed by atoms with Crippen LogP contribution in [0.1, 0.15) is 0 Å². The zero-order valence-electron chi connectivity index (χ0n) is 4.03. The van der Waals surface area contributed by atoms with Crippen LogP contribution in [0.5, 0.6) is 0 Å². The standard InChI is InChI=1S/C4H5F3O/c1-2-3-8-4(5,6)7/h2H,1,3H2. The number of ether oxygens (including phenoxy) is 1. The van der Waals surface area contributed by atoms with E-state index in [0.717, 1.165) is 6.08 Å². The van der Waals surface area contributed by atoms with Gasteiger partial charge < -0.3 is 0 Å². The van der Waals surface area contributed by atoms with Crippen molar-refractivity contribution in [3.63, 3.8) is 0 Å². The molecule has 0 heterocycles. The quantitative estimate of drug-likeness (QED) is 0.512. The van der Waals surface area contributed by atoms with E-state index in [1.165, 1.54) is 0 Å². The Kier molecular flexibility index (Phi) is 2.54. The molecular formula is C4H5F3O. The lowest BCUT2D eigenvalue weighted by atomic mass is 10.7. The molecular weight excluding hydrogens is 121 g/mol. The third-order valence-corrected chi connectivity index (χ3v) is 0.365. The van der Waals surface area contributed by atoms with E-state index in [9.17, 15) is 13.2 Å². The monoisotopic (exact) mass is 126 g/mol. The van der Waals surface area contributed by atoms with Gasteiger partial charge in [-0.2, -0.15) is 0 Å².